The highest BCUT2D eigenvalue weighted by Crippen LogP contribution is 2.23. The number of carbonyl (C=O) groups excluding carboxylic acids is 1. The number of nitrogen functional groups attached to an aromatic ring is 1. The van der Waals surface area contributed by atoms with Gasteiger partial charge < -0.3 is 16.0 Å². The Hall–Kier alpha value is -2.50. The molecule has 112 valence electrons. The number of amides is 1. The highest BCUT2D eigenvalue weighted by atomic mass is 16.1. The van der Waals surface area contributed by atoms with Crippen molar-refractivity contribution in [3.8, 4) is 0 Å². The fourth-order valence-corrected chi connectivity index (χ4v) is 1.99. The van der Waals surface area contributed by atoms with Crippen LogP contribution in [0, 0.1) is 0 Å². The number of carbonyl (C=O) groups is 1. The summed E-state index contributed by atoms with van der Waals surface area (Å²) in [6.07, 6.45) is 0. The first-order valence-electron chi connectivity index (χ1n) is 6.82. The minimum atomic E-state index is -0.228. The maximum Gasteiger partial charge on any atom is 0.256 e. The van der Waals surface area contributed by atoms with Gasteiger partial charge in [0.2, 0.25) is 0 Å². The van der Waals surface area contributed by atoms with Crippen LogP contribution >= 0.6 is 0 Å². The van der Waals surface area contributed by atoms with Crippen LogP contribution < -0.4 is 16.0 Å². The molecular weight excluding hydrogens is 266 g/mol. The Bertz CT molecular complexity index is 645. The van der Waals surface area contributed by atoms with Gasteiger partial charge in [0.05, 0.1) is 11.4 Å². The third-order valence-electron chi connectivity index (χ3n) is 3.23. The van der Waals surface area contributed by atoms with Gasteiger partial charge in [0, 0.05) is 31.4 Å². The Labute approximate surface area is 124 Å². The molecule has 0 aliphatic carbocycles. The largest absolute Gasteiger partial charge is 0.397 e. The van der Waals surface area contributed by atoms with Gasteiger partial charge >= 0.3 is 0 Å². The van der Waals surface area contributed by atoms with Gasteiger partial charge in [0.15, 0.2) is 5.82 Å². The van der Waals surface area contributed by atoms with Crippen LogP contribution in [0.5, 0.6) is 0 Å². The van der Waals surface area contributed by atoms with Crippen molar-refractivity contribution in [3.63, 3.8) is 0 Å². The molecule has 1 heterocycles. The number of aromatic amines is 1. The molecule has 1 aromatic heterocycles. The Morgan fingerprint density at radius 2 is 2.05 bits per heavy atom. The number of nitrogens with one attached hydrogen (secondary N) is 2. The summed E-state index contributed by atoms with van der Waals surface area (Å²) in [6, 6.07) is 7.08. The SMILES string of the molecule is CC(C)c1cc(NC(=O)c2ccc(N(C)C)c(N)c2)n[nH]1. The Kier molecular flexibility index (Phi) is 4.16. The molecule has 0 saturated carbocycles. The van der Waals surface area contributed by atoms with Crippen LogP contribution in [0.15, 0.2) is 24.3 Å². The summed E-state index contributed by atoms with van der Waals surface area (Å²) < 4.78 is 0. The average molecular weight is 287 g/mol. The lowest BCUT2D eigenvalue weighted by atomic mass is 10.1. The van der Waals surface area contributed by atoms with Crippen LogP contribution in [0.25, 0.3) is 0 Å². The van der Waals surface area contributed by atoms with Crippen LogP contribution in [-0.2, 0) is 0 Å². The maximum atomic E-state index is 12.2. The number of H-pyrrole nitrogens is 1. The molecule has 0 saturated heterocycles. The summed E-state index contributed by atoms with van der Waals surface area (Å²) in [4.78, 5) is 14.1. The lowest BCUT2D eigenvalue weighted by Gasteiger charge is -2.15. The number of nitrogens with zero attached hydrogens (tertiary/aromatic N) is 2. The monoisotopic (exact) mass is 287 g/mol. The molecule has 2 rings (SSSR count). The topological polar surface area (TPSA) is 87.0 Å². The molecule has 6 heteroatoms. The van der Waals surface area contributed by atoms with Gasteiger partial charge in [0.1, 0.15) is 0 Å². The van der Waals surface area contributed by atoms with E-state index < -0.39 is 0 Å². The van der Waals surface area contributed by atoms with E-state index >= 15 is 0 Å². The van der Waals surface area contributed by atoms with E-state index in [1.54, 1.807) is 12.1 Å². The maximum absolute atomic E-state index is 12.2. The molecule has 1 aromatic carbocycles. The molecule has 0 fully saturated rings. The van der Waals surface area contributed by atoms with Crippen molar-refractivity contribution in [2.45, 2.75) is 19.8 Å². The molecule has 0 unspecified atom stereocenters. The van der Waals surface area contributed by atoms with Crippen molar-refractivity contribution in [1.82, 2.24) is 10.2 Å². The van der Waals surface area contributed by atoms with Gasteiger partial charge in [-0.05, 0) is 24.1 Å². The normalized spacial score (nSPS) is 10.7. The summed E-state index contributed by atoms with van der Waals surface area (Å²) in [5, 5.41) is 9.74. The van der Waals surface area contributed by atoms with E-state index in [1.165, 1.54) is 0 Å². The lowest BCUT2D eigenvalue weighted by Crippen LogP contribution is -2.15. The zero-order valence-electron chi connectivity index (χ0n) is 12.8. The van der Waals surface area contributed by atoms with E-state index in [1.807, 2.05) is 31.1 Å². The summed E-state index contributed by atoms with van der Waals surface area (Å²) in [6.45, 7) is 4.11. The van der Waals surface area contributed by atoms with Crippen molar-refractivity contribution in [2.75, 3.05) is 30.0 Å². The van der Waals surface area contributed by atoms with Crippen LogP contribution in [0.1, 0.15) is 35.8 Å². The average Bonchev–Trinajstić information content (AvgIpc) is 2.86. The number of hydrogen-bond acceptors (Lipinski definition) is 4. The van der Waals surface area contributed by atoms with E-state index in [9.17, 15) is 4.79 Å². The number of nitrogens with two attached hydrogens (primary N) is 1. The summed E-state index contributed by atoms with van der Waals surface area (Å²) in [5.74, 6) is 0.617. The molecule has 0 radical (unpaired) electrons. The highest BCUT2D eigenvalue weighted by Gasteiger charge is 2.12. The first kappa shape index (κ1) is 14.9. The predicted octanol–water partition coefficient (Wildman–Crippen LogP) is 2.43. The number of rotatable bonds is 4. The van der Waals surface area contributed by atoms with Gasteiger partial charge in [-0.2, -0.15) is 5.10 Å². The van der Waals surface area contributed by atoms with E-state index in [0.29, 0.717) is 23.0 Å². The molecule has 1 amide bonds. The summed E-state index contributed by atoms with van der Waals surface area (Å²) in [5.41, 5.74) is 8.89. The third kappa shape index (κ3) is 3.34. The second-order valence-corrected chi connectivity index (χ2v) is 5.49. The highest BCUT2D eigenvalue weighted by molar-refractivity contribution is 6.04. The standard InChI is InChI=1S/C15H21N5O/c1-9(2)12-8-14(19-18-12)17-15(21)10-5-6-13(20(3)4)11(16)7-10/h5-9H,16H2,1-4H3,(H2,17,18,19,21). The van der Waals surface area contributed by atoms with Gasteiger partial charge in [-0.3, -0.25) is 9.89 Å². The van der Waals surface area contributed by atoms with E-state index in [2.05, 4.69) is 29.4 Å². The molecule has 21 heavy (non-hydrogen) atoms. The molecule has 0 aliphatic heterocycles. The van der Waals surface area contributed by atoms with E-state index in [-0.39, 0.29) is 5.91 Å². The van der Waals surface area contributed by atoms with Crippen molar-refractivity contribution in [2.24, 2.45) is 0 Å². The minimum Gasteiger partial charge on any atom is -0.397 e. The minimum absolute atomic E-state index is 0.228. The van der Waals surface area contributed by atoms with Gasteiger partial charge in [-0.25, -0.2) is 0 Å². The van der Waals surface area contributed by atoms with Crippen molar-refractivity contribution in [3.05, 3.63) is 35.5 Å². The Morgan fingerprint density at radius 1 is 1.33 bits per heavy atom. The fraction of sp³-hybridized carbons (Fsp3) is 0.333. The summed E-state index contributed by atoms with van der Waals surface area (Å²) >= 11 is 0. The number of benzene rings is 1. The molecule has 0 spiro atoms. The second-order valence-electron chi connectivity index (χ2n) is 5.49. The van der Waals surface area contributed by atoms with Crippen LogP contribution in [-0.4, -0.2) is 30.2 Å². The zero-order chi connectivity index (χ0) is 15.6. The van der Waals surface area contributed by atoms with Crippen molar-refractivity contribution < 1.29 is 4.79 Å². The summed E-state index contributed by atoms with van der Waals surface area (Å²) in [7, 11) is 3.81. The number of anilines is 3. The Morgan fingerprint density at radius 3 is 2.57 bits per heavy atom. The predicted molar refractivity (Wildman–Crippen MR) is 85.8 cm³/mol. The number of hydrogen-bond donors (Lipinski definition) is 3. The van der Waals surface area contributed by atoms with Gasteiger partial charge in [-0.1, -0.05) is 13.8 Å². The Balaban J connectivity index is 2.14. The van der Waals surface area contributed by atoms with Gasteiger partial charge in [-0.15, -0.1) is 0 Å². The lowest BCUT2D eigenvalue weighted by molar-refractivity contribution is 0.102. The molecule has 0 atom stereocenters. The molecule has 0 aliphatic rings. The first-order chi connectivity index (χ1) is 9.88. The first-order valence-corrected chi connectivity index (χ1v) is 6.82. The molecule has 4 N–H and O–H groups in total. The second kappa shape index (κ2) is 5.87. The molecular formula is C15H21N5O. The zero-order valence-corrected chi connectivity index (χ0v) is 12.8. The van der Waals surface area contributed by atoms with Crippen LogP contribution in [0.4, 0.5) is 17.2 Å². The van der Waals surface area contributed by atoms with E-state index in [4.69, 9.17) is 5.73 Å². The molecule has 0 bridgehead atoms. The quantitative estimate of drug-likeness (QED) is 0.754. The smallest absolute Gasteiger partial charge is 0.256 e. The molecule has 6 nitrogen and oxygen atoms in total. The van der Waals surface area contributed by atoms with Crippen molar-refractivity contribution >= 4 is 23.1 Å². The third-order valence-corrected chi connectivity index (χ3v) is 3.23. The van der Waals surface area contributed by atoms with Crippen LogP contribution in [0.2, 0.25) is 0 Å². The van der Waals surface area contributed by atoms with E-state index in [0.717, 1.165) is 11.4 Å². The van der Waals surface area contributed by atoms with Crippen LogP contribution in [0.3, 0.4) is 0 Å². The molecule has 2 aromatic rings. The fourth-order valence-electron chi connectivity index (χ4n) is 1.99. The van der Waals surface area contributed by atoms with Crippen molar-refractivity contribution in [1.29, 1.82) is 0 Å². The van der Waals surface area contributed by atoms with Gasteiger partial charge in [0.25, 0.3) is 5.91 Å². The number of aromatic nitrogens is 2.